The zero-order chi connectivity index (χ0) is 42.6. The molecule has 1 aliphatic rings. The Labute approximate surface area is 285 Å². The van der Waals surface area contributed by atoms with E-state index in [0.717, 1.165) is 14.6 Å². The van der Waals surface area contributed by atoms with Crippen molar-refractivity contribution in [2.75, 3.05) is 39.6 Å². The lowest BCUT2D eigenvalue weighted by molar-refractivity contribution is -0.162. The van der Waals surface area contributed by atoms with Gasteiger partial charge in [-0.2, -0.15) is 79.8 Å². The number of rotatable bonds is 24. The van der Waals surface area contributed by atoms with E-state index in [1.807, 2.05) is 0 Å². The third-order valence-corrected chi connectivity index (χ3v) is 14.6. The molecule has 324 valence electrons. The van der Waals surface area contributed by atoms with Crippen molar-refractivity contribution >= 4 is 24.1 Å². The van der Waals surface area contributed by atoms with Crippen LogP contribution in [0.1, 0.15) is 0 Å². The fourth-order valence-corrected chi connectivity index (χ4v) is 13.5. The minimum atomic E-state index is -6.65. The lowest BCUT2D eigenvalue weighted by Crippen LogP contribution is -2.52. The summed E-state index contributed by atoms with van der Waals surface area (Å²) in [4.78, 5) is 2.75. The molecule has 54 heavy (non-hydrogen) atoms. The second-order valence-electron chi connectivity index (χ2n) is 9.97. The molecule has 0 bridgehead atoms. The van der Waals surface area contributed by atoms with Crippen molar-refractivity contribution < 1.29 is 133 Å². The van der Waals surface area contributed by atoms with Crippen molar-refractivity contribution in [1.29, 1.82) is 0 Å². The Kier molecular flexibility index (Phi) is 17.5. The molecule has 0 aromatic heterocycles. The van der Waals surface area contributed by atoms with Crippen LogP contribution in [-0.4, -0.2) is 114 Å². The Morgan fingerprint density at radius 1 is 0.278 bits per heavy atom. The molecule has 0 aromatic carbocycles. The van der Waals surface area contributed by atoms with Gasteiger partial charge in [0.25, 0.3) is 0 Å². The maximum absolute atomic E-state index is 13.9. The van der Waals surface area contributed by atoms with Crippen molar-refractivity contribution in [1.82, 2.24) is 14.6 Å². The highest BCUT2D eigenvalue weighted by atomic mass is 31.3. The summed E-state index contributed by atoms with van der Waals surface area (Å²) in [6.07, 6.45) is -29.8. The monoisotopic (exact) mass is 924 g/mol. The number of nitrogens with one attached hydrogen (secondary N) is 3. The second-order valence-corrected chi connectivity index (χ2v) is 17.2. The summed E-state index contributed by atoms with van der Waals surface area (Å²) in [5, 5.41) is 0. The molecule has 0 atom stereocenters. The fraction of sp³-hybridized carbons (Fsp3) is 1.00. The average Bonchev–Trinajstić information content (AvgIpc) is 3.03. The first kappa shape index (κ1) is 51.3. The van der Waals surface area contributed by atoms with Crippen LogP contribution >= 0.6 is 24.1 Å². The van der Waals surface area contributed by atoms with Crippen LogP contribution in [0.5, 0.6) is 0 Å². The van der Waals surface area contributed by atoms with Crippen molar-refractivity contribution in [2.45, 2.75) is 74.1 Å². The fourth-order valence-electron chi connectivity index (χ4n) is 2.48. The minimum absolute atomic E-state index is 0.916. The second kappa shape index (κ2) is 18.4. The Hall–Kier alpha value is -0.750. The van der Waals surface area contributed by atoms with Gasteiger partial charge in [-0.15, -0.1) is 0 Å². The van der Waals surface area contributed by atoms with Gasteiger partial charge in [-0.05, 0) is 0 Å². The Morgan fingerprint density at radius 3 is 0.481 bits per heavy atom. The summed E-state index contributed by atoms with van der Waals surface area (Å²) in [5.74, 6) is -34.2. The molecule has 1 heterocycles. The van der Waals surface area contributed by atoms with Gasteiger partial charge in [0.1, 0.15) is 0 Å². The molecule has 1 saturated heterocycles. The summed E-state index contributed by atoms with van der Waals surface area (Å²) in [5.41, 5.74) is 0. The molecule has 3 N–H and O–H groups in total. The van der Waals surface area contributed by atoms with Crippen LogP contribution in [0.25, 0.3) is 0 Å². The summed E-state index contributed by atoms with van der Waals surface area (Å²) >= 11 is 0. The zero-order valence-electron chi connectivity index (χ0n) is 25.1. The van der Waals surface area contributed by atoms with Crippen molar-refractivity contribution in [3.05, 3.63) is 0 Å². The first-order valence-electron chi connectivity index (χ1n) is 12.9. The van der Waals surface area contributed by atoms with Crippen LogP contribution in [0.3, 0.4) is 0 Å². The van der Waals surface area contributed by atoms with Crippen LogP contribution in [0.4, 0.5) is 105 Å². The maximum Gasteiger partial charge on any atom is 0.510 e. The molecule has 9 nitrogen and oxygen atoms in total. The Balaban J connectivity index is 4.30. The SMILES string of the molecule is FC(F)C(F)(F)CO[P+]1(OCC(F)(F)C(F)F)N[P+](OCC(F)(F)C(F)F)(OCC(F)(F)C(F)F)N[P+](OCC(F)(F)C(F)F)(OCC(F)(F)C(F)F)N1. The number of halogens is 24. The summed E-state index contributed by atoms with van der Waals surface area (Å²) in [7, 11) is -19.9. The molecule has 0 spiro atoms. The normalized spacial score (nSPS) is 19.0. The Morgan fingerprint density at radius 2 is 0.389 bits per heavy atom. The van der Waals surface area contributed by atoms with Crippen LogP contribution in [0.2, 0.25) is 0 Å². The van der Waals surface area contributed by atoms with Gasteiger partial charge in [-0.25, -0.2) is 52.7 Å². The maximum atomic E-state index is 13.9. The minimum Gasteiger partial charge on any atom is -0.203 e. The van der Waals surface area contributed by atoms with E-state index in [1.54, 1.807) is 0 Å². The van der Waals surface area contributed by atoms with E-state index in [-0.39, 0.29) is 0 Å². The summed E-state index contributed by atoms with van der Waals surface area (Å²) in [6.45, 7) is -18.8. The third kappa shape index (κ3) is 14.3. The molecule has 0 amide bonds. The van der Waals surface area contributed by atoms with Gasteiger partial charge in [0.05, 0.1) is 14.6 Å². The highest BCUT2D eigenvalue weighted by molar-refractivity contribution is 7.92. The smallest absolute Gasteiger partial charge is 0.203 e. The molecule has 36 heteroatoms. The van der Waals surface area contributed by atoms with E-state index in [0.29, 0.717) is 0 Å². The quantitative estimate of drug-likeness (QED) is 0.0648. The zero-order valence-corrected chi connectivity index (χ0v) is 27.8. The van der Waals surface area contributed by atoms with E-state index >= 15 is 0 Å². The van der Waals surface area contributed by atoms with Crippen LogP contribution in [0, 0.1) is 0 Å². The number of alkyl halides is 24. The first-order valence-corrected chi connectivity index (χ1v) is 17.8. The number of hydrogen-bond acceptors (Lipinski definition) is 9. The van der Waals surface area contributed by atoms with Gasteiger partial charge in [0, 0.05) is 0 Å². The molecule has 1 aliphatic heterocycles. The van der Waals surface area contributed by atoms with Crippen molar-refractivity contribution in [3.63, 3.8) is 0 Å². The number of hydrogen-bond donors (Lipinski definition) is 3. The van der Waals surface area contributed by atoms with E-state index in [2.05, 4.69) is 27.1 Å². The van der Waals surface area contributed by atoms with Gasteiger partial charge in [0.15, 0.2) is 39.6 Å². The van der Waals surface area contributed by atoms with Gasteiger partial charge in [-0.1, -0.05) is 0 Å². The third-order valence-electron chi connectivity index (χ3n) is 5.34. The molecular weight excluding hydrogens is 903 g/mol. The van der Waals surface area contributed by atoms with E-state index < -0.39 is 138 Å². The lowest BCUT2D eigenvalue weighted by Gasteiger charge is -2.36. The van der Waals surface area contributed by atoms with Crippen LogP contribution < -0.4 is 14.6 Å². The standard InChI is InChI=1S/C18H21F24N3O6P3/c19-7(20)13(31,32)1-46-52(47-2-14(33,34)8(21)22)43-53(48-3-15(35,36)9(23)24,49-4-16(37,38)10(25)26)45-54(44-52,50-5-17(39,40)11(27)28)51-6-18(41,42)12(29)30/h7-12,43-45H,1-6H2/q+3. The van der Waals surface area contributed by atoms with Gasteiger partial charge in [-0.3, -0.25) is 0 Å². The largest absolute Gasteiger partial charge is 0.510 e. The molecular formula is C18H21F24N3O6P3+3. The predicted octanol–water partition coefficient (Wildman–Crippen LogP) is 9.30. The Bertz CT molecular complexity index is 958. The first-order chi connectivity index (χ1) is 24.0. The predicted molar refractivity (Wildman–Crippen MR) is 132 cm³/mol. The topological polar surface area (TPSA) is 91.5 Å². The van der Waals surface area contributed by atoms with E-state index in [1.165, 1.54) is 0 Å². The van der Waals surface area contributed by atoms with Crippen LogP contribution in [0.15, 0.2) is 0 Å². The highest BCUT2D eigenvalue weighted by Gasteiger charge is 2.82. The summed E-state index contributed by atoms with van der Waals surface area (Å²) in [6, 6.07) is 0. The molecule has 0 aliphatic carbocycles. The molecule has 0 saturated carbocycles. The molecule has 1 rings (SSSR count). The van der Waals surface area contributed by atoms with Gasteiger partial charge in [0.2, 0.25) is 0 Å². The average molecular weight is 924 g/mol. The molecule has 0 unspecified atom stereocenters. The molecule has 1 fully saturated rings. The summed E-state index contributed by atoms with van der Waals surface area (Å²) < 4.78 is 347. The van der Waals surface area contributed by atoms with Gasteiger partial charge >= 0.3 is 98.1 Å². The van der Waals surface area contributed by atoms with Crippen molar-refractivity contribution in [3.8, 4) is 0 Å². The lowest BCUT2D eigenvalue weighted by atomic mass is 10.4. The molecule has 0 radical (unpaired) electrons. The van der Waals surface area contributed by atoms with E-state index in [4.69, 9.17) is 0 Å². The van der Waals surface area contributed by atoms with Crippen LogP contribution in [-0.2, 0) is 27.1 Å². The highest BCUT2D eigenvalue weighted by Crippen LogP contribution is 2.82. The van der Waals surface area contributed by atoms with Crippen molar-refractivity contribution in [2.24, 2.45) is 0 Å². The van der Waals surface area contributed by atoms with Gasteiger partial charge < -0.3 is 0 Å². The van der Waals surface area contributed by atoms with E-state index in [9.17, 15) is 105 Å². The molecule has 0 aromatic rings.